The smallest absolute Gasteiger partial charge is 0.232 e. The molecule has 1 aliphatic rings. The monoisotopic (exact) mass is 328 g/mol. The molecule has 0 aliphatic carbocycles. The lowest BCUT2D eigenvalue weighted by molar-refractivity contribution is -0.129. The van der Waals surface area contributed by atoms with Gasteiger partial charge in [0.05, 0.1) is 16.3 Å². The summed E-state index contributed by atoms with van der Waals surface area (Å²) in [5.74, 6) is 1.48. The molecule has 0 atom stereocenters. The number of pyridine rings is 1. The average molecular weight is 328 g/mol. The Kier molecular flexibility index (Phi) is 4.90. The number of aryl methyl sites for hydroxylation is 2. The molecule has 1 amide bonds. The number of carbonyl (C=O) groups is 1. The van der Waals surface area contributed by atoms with Crippen molar-refractivity contribution in [3.05, 3.63) is 35.4 Å². The molecule has 2 heterocycles. The summed E-state index contributed by atoms with van der Waals surface area (Å²) >= 11 is 1.56. The molecule has 23 heavy (non-hydrogen) atoms. The van der Waals surface area contributed by atoms with E-state index in [0.717, 1.165) is 42.4 Å². The number of likely N-dealkylation sites (tertiary alicyclic amines) is 1. The number of hydrogen-bond acceptors (Lipinski definition) is 3. The van der Waals surface area contributed by atoms with Gasteiger partial charge in [-0.2, -0.15) is 0 Å². The molecule has 122 valence electrons. The Morgan fingerprint density at radius 3 is 2.74 bits per heavy atom. The van der Waals surface area contributed by atoms with E-state index >= 15 is 0 Å². The molecule has 0 N–H and O–H groups in total. The van der Waals surface area contributed by atoms with Gasteiger partial charge in [0, 0.05) is 18.5 Å². The van der Waals surface area contributed by atoms with Crippen molar-refractivity contribution in [1.82, 2.24) is 9.88 Å². The highest BCUT2D eigenvalue weighted by Crippen LogP contribution is 2.26. The van der Waals surface area contributed by atoms with Crippen LogP contribution in [0.2, 0.25) is 0 Å². The molecule has 0 radical (unpaired) electrons. The summed E-state index contributed by atoms with van der Waals surface area (Å²) in [6.45, 7) is 8.28. The summed E-state index contributed by atoms with van der Waals surface area (Å²) in [5.41, 5.74) is 3.46. The number of hydrogen-bond donors (Lipinski definition) is 0. The highest BCUT2D eigenvalue weighted by atomic mass is 32.2. The van der Waals surface area contributed by atoms with E-state index in [0.29, 0.717) is 5.75 Å². The molecule has 1 saturated heterocycles. The highest BCUT2D eigenvalue weighted by molar-refractivity contribution is 7.99. The van der Waals surface area contributed by atoms with E-state index in [2.05, 4.69) is 45.0 Å². The SMILES string of the molecule is Cc1cc(SCC(=O)N2CCC(C)CC2)nc2c(C)cccc12. The third-order valence-electron chi connectivity index (χ3n) is 4.70. The minimum atomic E-state index is 0.242. The number of fused-ring (bicyclic) bond motifs is 1. The number of amides is 1. The Hall–Kier alpha value is -1.55. The number of nitrogens with zero attached hydrogens (tertiary/aromatic N) is 2. The van der Waals surface area contributed by atoms with Gasteiger partial charge in [0.25, 0.3) is 0 Å². The zero-order valence-electron chi connectivity index (χ0n) is 14.1. The molecular formula is C19H24N2OS. The van der Waals surface area contributed by atoms with Crippen LogP contribution in [-0.2, 0) is 4.79 Å². The second kappa shape index (κ2) is 6.91. The average Bonchev–Trinajstić information content (AvgIpc) is 2.54. The number of carbonyl (C=O) groups excluding carboxylic acids is 1. The lowest BCUT2D eigenvalue weighted by Gasteiger charge is -2.30. The third kappa shape index (κ3) is 3.69. The van der Waals surface area contributed by atoms with Crippen LogP contribution in [0.25, 0.3) is 10.9 Å². The summed E-state index contributed by atoms with van der Waals surface area (Å²) < 4.78 is 0. The summed E-state index contributed by atoms with van der Waals surface area (Å²) in [7, 11) is 0. The van der Waals surface area contributed by atoms with Crippen LogP contribution in [0.5, 0.6) is 0 Å². The number of piperidine rings is 1. The van der Waals surface area contributed by atoms with Gasteiger partial charge in [-0.25, -0.2) is 4.98 Å². The number of rotatable bonds is 3. The Labute approximate surface area is 142 Å². The molecular weight excluding hydrogens is 304 g/mol. The highest BCUT2D eigenvalue weighted by Gasteiger charge is 2.20. The van der Waals surface area contributed by atoms with Gasteiger partial charge < -0.3 is 4.90 Å². The van der Waals surface area contributed by atoms with Crippen molar-refractivity contribution in [2.75, 3.05) is 18.8 Å². The van der Waals surface area contributed by atoms with Gasteiger partial charge in [0.1, 0.15) is 0 Å². The minimum Gasteiger partial charge on any atom is -0.342 e. The molecule has 3 rings (SSSR count). The van der Waals surface area contributed by atoms with Crippen LogP contribution in [-0.4, -0.2) is 34.6 Å². The predicted octanol–water partition coefficient (Wildman–Crippen LogP) is 4.20. The minimum absolute atomic E-state index is 0.242. The zero-order valence-corrected chi connectivity index (χ0v) is 14.9. The fourth-order valence-electron chi connectivity index (χ4n) is 3.09. The molecule has 0 unspecified atom stereocenters. The van der Waals surface area contributed by atoms with Crippen molar-refractivity contribution >= 4 is 28.6 Å². The Morgan fingerprint density at radius 2 is 2.00 bits per heavy atom. The van der Waals surface area contributed by atoms with Crippen molar-refractivity contribution in [2.45, 2.75) is 38.6 Å². The molecule has 1 aromatic carbocycles. The molecule has 1 fully saturated rings. The van der Waals surface area contributed by atoms with Gasteiger partial charge in [0.15, 0.2) is 0 Å². The largest absolute Gasteiger partial charge is 0.342 e. The van der Waals surface area contributed by atoms with Crippen molar-refractivity contribution in [3.8, 4) is 0 Å². The predicted molar refractivity (Wildman–Crippen MR) is 96.9 cm³/mol. The van der Waals surface area contributed by atoms with E-state index in [4.69, 9.17) is 4.98 Å². The Morgan fingerprint density at radius 1 is 1.26 bits per heavy atom. The van der Waals surface area contributed by atoms with Crippen LogP contribution in [0.1, 0.15) is 30.9 Å². The Balaban J connectivity index is 1.70. The quantitative estimate of drug-likeness (QED) is 0.792. The maximum absolute atomic E-state index is 12.4. The van der Waals surface area contributed by atoms with E-state index in [1.165, 1.54) is 16.5 Å². The summed E-state index contributed by atoms with van der Waals surface area (Å²) in [6, 6.07) is 8.36. The third-order valence-corrected chi connectivity index (χ3v) is 5.60. The number of thioether (sulfide) groups is 1. The fourth-order valence-corrected chi connectivity index (χ4v) is 3.96. The number of aromatic nitrogens is 1. The van der Waals surface area contributed by atoms with E-state index in [9.17, 15) is 4.79 Å². The summed E-state index contributed by atoms with van der Waals surface area (Å²) in [5, 5.41) is 2.15. The van der Waals surface area contributed by atoms with E-state index < -0.39 is 0 Å². The van der Waals surface area contributed by atoms with Gasteiger partial charge in [0.2, 0.25) is 5.91 Å². The first kappa shape index (κ1) is 16.3. The van der Waals surface area contributed by atoms with Gasteiger partial charge in [-0.1, -0.05) is 36.9 Å². The first-order chi connectivity index (χ1) is 11.0. The van der Waals surface area contributed by atoms with Gasteiger partial charge >= 0.3 is 0 Å². The molecule has 1 aromatic heterocycles. The first-order valence-corrected chi connectivity index (χ1v) is 9.30. The molecule has 2 aromatic rings. The number of benzene rings is 1. The molecule has 0 bridgehead atoms. The van der Waals surface area contributed by atoms with Crippen molar-refractivity contribution in [2.24, 2.45) is 5.92 Å². The van der Waals surface area contributed by atoms with E-state index in [1.807, 2.05) is 4.90 Å². The molecule has 3 nitrogen and oxygen atoms in total. The van der Waals surface area contributed by atoms with Crippen LogP contribution < -0.4 is 0 Å². The second-order valence-corrected chi connectivity index (χ2v) is 7.60. The summed E-state index contributed by atoms with van der Waals surface area (Å²) in [6.07, 6.45) is 2.26. The lowest BCUT2D eigenvalue weighted by atomic mass is 9.99. The van der Waals surface area contributed by atoms with Gasteiger partial charge in [-0.15, -0.1) is 0 Å². The number of para-hydroxylation sites is 1. The second-order valence-electron chi connectivity index (χ2n) is 6.60. The van der Waals surface area contributed by atoms with Crippen molar-refractivity contribution in [1.29, 1.82) is 0 Å². The Bertz CT molecular complexity index is 721. The molecule has 1 aliphatic heterocycles. The van der Waals surface area contributed by atoms with E-state index in [1.54, 1.807) is 11.8 Å². The first-order valence-electron chi connectivity index (χ1n) is 8.32. The molecule has 4 heteroatoms. The fraction of sp³-hybridized carbons (Fsp3) is 0.474. The normalized spacial score (nSPS) is 16.0. The van der Waals surface area contributed by atoms with Gasteiger partial charge in [-0.3, -0.25) is 4.79 Å². The summed E-state index contributed by atoms with van der Waals surface area (Å²) in [4.78, 5) is 19.1. The maximum atomic E-state index is 12.4. The van der Waals surface area contributed by atoms with Crippen LogP contribution in [0.4, 0.5) is 0 Å². The van der Waals surface area contributed by atoms with E-state index in [-0.39, 0.29) is 5.91 Å². The maximum Gasteiger partial charge on any atom is 0.232 e. The zero-order chi connectivity index (χ0) is 16.4. The van der Waals surface area contributed by atoms with Crippen LogP contribution in [0.3, 0.4) is 0 Å². The van der Waals surface area contributed by atoms with Crippen LogP contribution in [0.15, 0.2) is 29.3 Å². The molecule has 0 saturated carbocycles. The van der Waals surface area contributed by atoms with Crippen molar-refractivity contribution in [3.63, 3.8) is 0 Å². The van der Waals surface area contributed by atoms with Crippen molar-refractivity contribution < 1.29 is 4.79 Å². The lowest BCUT2D eigenvalue weighted by Crippen LogP contribution is -2.38. The standard InChI is InChI=1S/C19H24N2OS/c1-13-7-9-21(10-8-13)18(22)12-23-17-11-15(3)16-6-4-5-14(2)19(16)20-17/h4-6,11,13H,7-10,12H2,1-3H3. The van der Waals surface area contributed by atoms with Crippen LogP contribution >= 0.6 is 11.8 Å². The molecule has 0 spiro atoms. The topological polar surface area (TPSA) is 33.2 Å². The van der Waals surface area contributed by atoms with Crippen LogP contribution in [0, 0.1) is 19.8 Å². The van der Waals surface area contributed by atoms with Gasteiger partial charge in [-0.05, 0) is 49.8 Å².